The van der Waals surface area contributed by atoms with Crippen LogP contribution in [0.15, 0.2) is 35.0 Å². The van der Waals surface area contributed by atoms with Crippen molar-refractivity contribution in [3.63, 3.8) is 0 Å². The molecule has 22 heavy (non-hydrogen) atoms. The van der Waals surface area contributed by atoms with Gasteiger partial charge in [-0.15, -0.1) is 0 Å². The summed E-state index contributed by atoms with van der Waals surface area (Å²) >= 11 is 0. The number of amides is 1. The van der Waals surface area contributed by atoms with E-state index < -0.39 is 0 Å². The molecule has 1 saturated heterocycles. The number of carbonyl (C=O) groups excluding carboxylic acids is 1. The number of aryl methyl sites for hydroxylation is 1. The summed E-state index contributed by atoms with van der Waals surface area (Å²) in [6, 6.07) is 7.87. The van der Waals surface area contributed by atoms with Gasteiger partial charge >= 0.3 is 0 Å². The molecule has 0 N–H and O–H groups in total. The van der Waals surface area contributed by atoms with Crippen LogP contribution >= 0.6 is 0 Å². The van der Waals surface area contributed by atoms with Crippen LogP contribution in [0.1, 0.15) is 29.8 Å². The molecular weight excluding hydrogens is 280 g/mol. The van der Waals surface area contributed by atoms with E-state index in [1.54, 1.807) is 0 Å². The summed E-state index contributed by atoms with van der Waals surface area (Å²) in [4.78, 5) is 14.6. The first-order valence-electron chi connectivity index (χ1n) is 7.51. The lowest BCUT2D eigenvalue weighted by atomic mass is 10.1. The molecule has 0 spiro atoms. The number of nitrogens with zero attached hydrogens (tertiary/aromatic N) is 2. The van der Waals surface area contributed by atoms with Crippen molar-refractivity contribution in [2.75, 3.05) is 13.1 Å². The predicted molar refractivity (Wildman–Crippen MR) is 82.6 cm³/mol. The lowest BCUT2D eigenvalue weighted by Gasteiger charge is -2.35. The number of rotatable bonds is 2. The van der Waals surface area contributed by atoms with Gasteiger partial charge in [0.1, 0.15) is 5.56 Å². The average molecular weight is 300 g/mol. The summed E-state index contributed by atoms with van der Waals surface area (Å²) in [5.74, 6) is 0.468. The first kappa shape index (κ1) is 14.8. The smallest absolute Gasteiger partial charge is 0.259 e. The van der Waals surface area contributed by atoms with Crippen molar-refractivity contribution in [1.82, 2.24) is 10.1 Å². The van der Waals surface area contributed by atoms with Gasteiger partial charge < -0.3 is 14.2 Å². The topological polar surface area (TPSA) is 55.6 Å². The summed E-state index contributed by atoms with van der Waals surface area (Å²) in [5, 5.41) is 3.82. The molecule has 0 saturated carbocycles. The van der Waals surface area contributed by atoms with Crippen molar-refractivity contribution in [2.24, 2.45) is 0 Å². The molecule has 2 atom stereocenters. The van der Waals surface area contributed by atoms with E-state index in [1.165, 1.54) is 6.20 Å². The Morgan fingerprint density at radius 1 is 1.18 bits per heavy atom. The molecule has 5 nitrogen and oxygen atoms in total. The molecule has 0 aliphatic carbocycles. The Labute approximate surface area is 129 Å². The van der Waals surface area contributed by atoms with E-state index in [2.05, 4.69) is 5.16 Å². The molecule has 1 aromatic heterocycles. The van der Waals surface area contributed by atoms with Crippen molar-refractivity contribution in [3.05, 3.63) is 41.6 Å². The third kappa shape index (κ3) is 2.90. The van der Waals surface area contributed by atoms with Gasteiger partial charge in [0, 0.05) is 18.7 Å². The van der Waals surface area contributed by atoms with Gasteiger partial charge in [-0.3, -0.25) is 4.79 Å². The highest BCUT2D eigenvalue weighted by atomic mass is 16.5. The maximum Gasteiger partial charge on any atom is 0.259 e. The Kier molecular flexibility index (Phi) is 3.98. The van der Waals surface area contributed by atoms with Crippen molar-refractivity contribution in [2.45, 2.75) is 33.0 Å². The van der Waals surface area contributed by atoms with Crippen LogP contribution in [0.4, 0.5) is 0 Å². The zero-order valence-electron chi connectivity index (χ0n) is 13.1. The van der Waals surface area contributed by atoms with Gasteiger partial charge in [0.15, 0.2) is 5.76 Å². The van der Waals surface area contributed by atoms with Crippen LogP contribution in [-0.2, 0) is 4.74 Å². The standard InChI is InChI=1S/C17H20N2O3/c1-11-4-6-14(7-5-11)16-15(8-18-22-16)17(20)19-9-12(2)21-13(3)10-19/h4-8,12-13H,9-10H2,1-3H3/t12-,13+. The monoisotopic (exact) mass is 300 g/mol. The second-order valence-electron chi connectivity index (χ2n) is 5.90. The van der Waals surface area contributed by atoms with Gasteiger partial charge in [-0.2, -0.15) is 0 Å². The fourth-order valence-corrected chi connectivity index (χ4v) is 2.82. The van der Waals surface area contributed by atoms with Crippen molar-refractivity contribution < 1.29 is 14.1 Å². The van der Waals surface area contributed by atoms with Crippen LogP contribution in [0.3, 0.4) is 0 Å². The highest BCUT2D eigenvalue weighted by molar-refractivity contribution is 5.99. The number of morpholine rings is 1. The van der Waals surface area contributed by atoms with E-state index in [9.17, 15) is 4.79 Å². The van der Waals surface area contributed by atoms with Gasteiger partial charge in [0.05, 0.1) is 18.4 Å². The molecule has 0 unspecified atom stereocenters. The molecule has 0 bridgehead atoms. The third-order valence-corrected chi connectivity index (χ3v) is 3.82. The van der Waals surface area contributed by atoms with Crippen molar-refractivity contribution in [3.8, 4) is 11.3 Å². The molecule has 1 amide bonds. The Morgan fingerprint density at radius 2 is 1.82 bits per heavy atom. The quantitative estimate of drug-likeness (QED) is 0.855. The minimum Gasteiger partial charge on any atom is -0.372 e. The molecular formula is C17H20N2O3. The van der Waals surface area contributed by atoms with Crippen LogP contribution < -0.4 is 0 Å². The van der Waals surface area contributed by atoms with Gasteiger partial charge in [0.2, 0.25) is 0 Å². The largest absolute Gasteiger partial charge is 0.372 e. The Balaban J connectivity index is 1.88. The molecule has 5 heteroatoms. The molecule has 116 valence electrons. The lowest BCUT2D eigenvalue weighted by Crippen LogP contribution is -2.48. The van der Waals surface area contributed by atoms with E-state index in [0.29, 0.717) is 24.4 Å². The van der Waals surface area contributed by atoms with Crippen molar-refractivity contribution >= 4 is 5.91 Å². The number of hydrogen-bond donors (Lipinski definition) is 0. The normalized spacial score (nSPS) is 21.9. The molecule has 0 radical (unpaired) electrons. The summed E-state index contributed by atoms with van der Waals surface area (Å²) in [6.07, 6.45) is 1.58. The molecule has 2 heterocycles. The maximum absolute atomic E-state index is 12.8. The minimum absolute atomic E-state index is 0.0374. The van der Waals surface area contributed by atoms with Gasteiger partial charge in [-0.25, -0.2) is 0 Å². The third-order valence-electron chi connectivity index (χ3n) is 3.82. The van der Waals surface area contributed by atoms with Gasteiger partial charge in [-0.1, -0.05) is 35.0 Å². The second-order valence-corrected chi connectivity index (χ2v) is 5.90. The summed E-state index contributed by atoms with van der Waals surface area (Å²) in [6.45, 7) is 7.14. The van der Waals surface area contributed by atoms with Gasteiger partial charge in [0.25, 0.3) is 5.91 Å². The van der Waals surface area contributed by atoms with Crippen LogP contribution in [0.5, 0.6) is 0 Å². The summed E-state index contributed by atoms with van der Waals surface area (Å²) in [5.41, 5.74) is 2.53. The Hall–Kier alpha value is -2.14. The lowest BCUT2D eigenvalue weighted by molar-refractivity contribution is -0.0586. The zero-order chi connectivity index (χ0) is 15.7. The summed E-state index contributed by atoms with van der Waals surface area (Å²) < 4.78 is 11.0. The van der Waals surface area contributed by atoms with E-state index in [4.69, 9.17) is 9.26 Å². The number of hydrogen-bond acceptors (Lipinski definition) is 4. The van der Waals surface area contributed by atoms with E-state index >= 15 is 0 Å². The van der Waals surface area contributed by atoms with Crippen LogP contribution in [0, 0.1) is 6.92 Å². The fraction of sp³-hybridized carbons (Fsp3) is 0.412. The maximum atomic E-state index is 12.8. The van der Waals surface area contributed by atoms with Gasteiger partial charge in [-0.05, 0) is 20.8 Å². The minimum atomic E-state index is -0.0566. The second kappa shape index (κ2) is 5.93. The highest BCUT2D eigenvalue weighted by Crippen LogP contribution is 2.26. The molecule has 1 aliphatic heterocycles. The van der Waals surface area contributed by atoms with Crippen molar-refractivity contribution in [1.29, 1.82) is 0 Å². The Bertz CT molecular complexity index is 653. The van der Waals surface area contributed by atoms with E-state index in [-0.39, 0.29) is 18.1 Å². The fourth-order valence-electron chi connectivity index (χ4n) is 2.82. The number of ether oxygens (including phenoxy) is 1. The molecule has 2 aromatic rings. The number of carbonyl (C=O) groups is 1. The molecule has 1 aromatic carbocycles. The van der Waals surface area contributed by atoms with E-state index in [0.717, 1.165) is 11.1 Å². The SMILES string of the molecule is Cc1ccc(-c2oncc2C(=O)N2C[C@@H](C)O[C@@H](C)C2)cc1. The zero-order valence-corrected chi connectivity index (χ0v) is 13.1. The van der Waals surface area contributed by atoms with Crippen LogP contribution in [0.25, 0.3) is 11.3 Å². The molecule has 1 fully saturated rings. The average Bonchev–Trinajstić information content (AvgIpc) is 2.95. The molecule has 1 aliphatic rings. The van der Waals surface area contributed by atoms with Crippen LogP contribution in [-0.4, -0.2) is 41.3 Å². The van der Waals surface area contributed by atoms with E-state index in [1.807, 2.05) is 49.9 Å². The summed E-state index contributed by atoms with van der Waals surface area (Å²) in [7, 11) is 0. The number of aromatic nitrogens is 1. The first-order chi connectivity index (χ1) is 10.5. The molecule has 3 rings (SSSR count). The Morgan fingerprint density at radius 3 is 2.45 bits per heavy atom. The number of benzene rings is 1. The van der Waals surface area contributed by atoms with Crippen LogP contribution in [0.2, 0.25) is 0 Å². The highest BCUT2D eigenvalue weighted by Gasteiger charge is 2.29. The predicted octanol–water partition coefficient (Wildman–Crippen LogP) is 2.90. The first-order valence-corrected chi connectivity index (χ1v) is 7.51.